The van der Waals surface area contributed by atoms with Gasteiger partial charge in [-0.2, -0.15) is 0 Å². The standard InChI is InChI=1S/C24H21FN4O5/c1-34-11-10-26-21(30)14-28-13-15(16-6-2-4-8-19(16)28)12-17-22(31)27-24(33)29(23(17)32)20-9-5-3-7-18(20)25/h2-9,12-13H,10-11,14H2,1H3,(H,26,30)(H,27,31,33). The third kappa shape index (κ3) is 4.44. The third-order valence-corrected chi connectivity index (χ3v) is 5.26. The molecule has 0 atom stereocenters. The highest BCUT2D eigenvalue weighted by Gasteiger charge is 2.38. The Morgan fingerprint density at radius 3 is 2.62 bits per heavy atom. The summed E-state index contributed by atoms with van der Waals surface area (Å²) in [6.07, 6.45) is 2.97. The maximum absolute atomic E-state index is 14.3. The van der Waals surface area contributed by atoms with Gasteiger partial charge in [0.2, 0.25) is 5.91 Å². The molecular weight excluding hydrogens is 443 g/mol. The largest absolute Gasteiger partial charge is 0.383 e. The van der Waals surface area contributed by atoms with Gasteiger partial charge in [-0.25, -0.2) is 14.1 Å². The summed E-state index contributed by atoms with van der Waals surface area (Å²) in [7, 11) is 1.54. The first kappa shape index (κ1) is 22.9. The zero-order chi connectivity index (χ0) is 24.2. The molecule has 0 unspecified atom stereocenters. The van der Waals surface area contributed by atoms with E-state index in [-0.39, 0.29) is 23.7 Å². The zero-order valence-corrected chi connectivity index (χ0v) is 18.2. The predicted molar refractivity (Wildman–Crippen MR) is 122 cm³/mol. The van der Waals surface area contributed by atoms with Crippen molar-refractivity contribution in [2.75, 3.05) is 25.2 Å². The second kappa shape index (κ2) is 9.67. The number of amides is 5. The van der Waals surface area contributed by atoms with Gasteiger partial charge in [0.1, 0.15) is 17.9 Å². The van der Waals surface area contributed by atoms with Crippen molar-refractivity contribution >= 4 is 46.4 Å². The molecular formula is C24H21FN4O5. The first-order chi connectivity index (χ1) is 16.4. The van der Waals surface area contributed by atoms with Crippen LogP contribution in [0.25, 0.3) is 17.0 Å². The molecule has 0 aliphatic carbocycles. The molecule has 2 aromatic carbocycles. The van der Waals surface area contributed by atoms with Crippen LogP contribution in [0.1, 0.15) is 5.56 Å². The number of nitrogens with one attached hydrogen (secondary N) is 2. The van der Waals surface area contributed by atoms with Crippen LogP contribution >= 0.6 is 0 Å². The quantitative estimate of drug-likeness (QED) is 0.317. The zero-order valence-electron chi connectivity index (χ0n) is 18.2. The number of imide groups is 2. The number of hydrogen-bond donors (Lipinski definition) is 2. The van der Waals surface area contributed by atoms with E-state index in [1.807, 2.05) is 0 Å². The Hall–Kier alpha value is -4.31. The van der Waals surface area contributed by atoms with Gasteiger partial charge in [0, 0.05) is 36.3 Å². The normalized spacial score (nSPS) is 15.2. The fourth-order valence-electron chi connectivity index (χ4n) is 3.69. The molecule has 2 N–H and O–H groups in total. The Morgan fingerprint density at radius 1 is 1.12 bits per heavy atom. The molecule has 10 heteroatoms. The fraction of sp³-hybridized carbons (Fsp3) is 0.167. The van der Waals surface area contributed by atoms with E-state index in [0.29, 0.717) is 34.5 Å². The summed E-state index contributed by atoms with van der Waals surface area (Å²) >= 11 is 0. The molecule has 34 heavy (non-hydrogen) atoms. The van der Waals surface area contributed by atoms with E-state index >= 15 is 0 Å². The van der Waals surface area contributed by atoms with Gasteiger partial charge in [0.25, 0.3) is 11.8 Å². The minimum absolute atomic E-state index is 0.00732. The van der Waals surface area contributed by atoms with E-state index in [1.165, 1.54) is 31.4 Å². The SMILES string of the molecule is COCCNC(=O)Cn1cc(C=C2C(=O)NC(=O)N(c3ccccc3F)C2=O)c2ccccc21. The molecule has 0 bridgehead atoms. The number of para-hydroxylation sites is 2. The lowest BCUT2D eigenvalue weighted by atomic mass is 10.1. The van der Waals surface area contributed by atoms with Crippen molar-refractivity contribution in [1.82, 2.24) is 15.2 Å². The third-order valence-electron chi connectivity index (χ3n) is 5.26. The van der Waals surface area contributed by atoms with Gasteiger partial charge in [-0.05, 0) is 24.3 Å². The topological polar surface area (TPSA) is 110 Å². The Bertz CT molecular complexity index is 1330. The summed E-state index contributed by atoms with van der Waals surface area (Å²) in [5.41, 5.74) is 0.595. The maximum Gasteiger partial charge on any atom is 0.336 e. The lowest BCUT2D eigenvalue weighted by Crippen LogP contribution is -2.54. The van der Waals surface area contributed by atoms with Crippen LogP contribution in [0, 0.1) is 5.82 Å². The molecule has 1 aliphatic rings. The molecule has 0 spiro atoms. The smallest absolute Gasteiger partial charge is 0.336 e. The molecule has 9 nitrogen and oxygen atoms in total. The number of benzene rings is 2. The average molecular weight is 464 g/mol. The lowest BCUT2D eigenvalue weighted by Gasteiger charge is -2.26. The Kier molecular flexibility index (Phi) is 6.51. The van der Waals surface area contributed by atoms with E-state index < -0.39 is 23.7 Å². The number of barbiturate groups is 1. The van der Waals surface area contributed by atoms with Gasteiger partial charge in [-0.3, -0.25) is 19.7 Å². The highest BCUT2D eigenvalue weighted by molar-refractivity contribution is 6.39. The van der Waals surface area contributed by atoms with Gasteiger partial charge in [-0.15, -0.1) is 0 Å². The Balaban J connectivity index is 1.71. The number of urea groups is 1. The monoisotopic (exact) mass is 464 g/mol. The molecule has 2 heterocycles. The number of aromatic nitrogens is 1. The predicted octanol–water partition coefficient (Wildman–Crippen LogP) is 2.21. The van der Waals surface area contributed by atoms with Gasteiger partial charge < -0.3 is 14.6 Å². The van der Waals surface area contributed by atoms with Crippen molar-refractivity contribution in [2.24, 2.45) is 0 Å². The van der Waals surface area contributed by atoms with Crippen LogP contribution in [0.2, 0.25) is 0 Å². The lowest BCUT2D eigenvalue weighted by molar-refractivity contribution is -0.123. The van der Waals surface area contributed by atoms with Crippen LogP contribution in [-0.2, 0) is 25.7 Å². The number of hydrogen-bond acceptors (Lipinski definition) is 5. The molecule has 1 fully saturated rings. The van der Waals surface area contributed by atoms with Crippen molar-refractivity contribution in [3.8, 4) is 0 Å². The fourth-order valence-corrected chi connectivity index (χ4v) is 3.69. The number of nitrogens with zero attached hydrogens (tertiary/aromatic N) is 2. The molecule has 1 saturated heterocycles. The van der Waals surface area contributed by atoms with Crippen molar-refractivity contribution in [3.05, 3.63) is 71.7 Å². The number of fused-ring (bicyclic) bond motifs is 1. The van der Waals surface area contributed by atoms with Crippen LogP contribution in [0.4, 0.5) is 14.9 Å². The van der Waals surface area contributed by atoms with Crippen LogP contribution in [0.5, 0.6) is 0 Å². The average Bonchev–Trinajstić information content (AvgIpc) is 3.15. The van der Waals surface area contributed by atoms with E-state index in [0.717, 1.165) is 6.07 Å². The van der Waals surface area contributed by atoms with Gasteiger partial charge >= 0.3 is 6.03 Å². The number of halogens is 1. The first-order valence-corrected chi connectivity index (χ1v) is 10.4. The number of anilines is 1. The van der Waals surface area contributed by atoms with Crippen LogP contribution in [0.15, 0.2) is 60.3 Å². The van der Waals surface area contributed by atoms with Gasteiger partial charge in [0.15, 0.2) is 0 Å². The summed E-state index contributed by atoms with van der Waals surface area (Å²) in [4.78, 5) is 50.8. The number of carbonyl (C=O) groups excluding carboxylic acids is 4. The van der Waals surface area contributed by atoms with Crippen LogP contribution in [-0.4, -0.2) is 48.6 Å². The van der Waals surface area contributed by atoms with E-state index in [2.05, 4.69) is 10.6 Å². The maximum atomic E-state index is 14.3. The molecule has 0 saturated carbocycles. The van der Waals surface area contributed by atoms with E-state index in [4.69, 9.17) is 4.74 Å². The van der Waals surface area contributed by atoms with Gasteiger partial charge in [-0.1, -0.05) is 30.3 Å². The Morgan fingerprint density at radius 2 is 1.85 bits per heavy atom. The summed E-state index contributed by atoms with van der Waals surface area (Å²) in [6.45, 7) is 0.747. The molecule has 4 rings (SSSR count). The number of rotatable bonds is 7. The molecule has 3 aromatic rings. The van der Waals surface area contributed by atoms with Crippen molar-refractivity contribution in [1.29, 1.82) is 0 Å². The summed E-state index contributed by atoms with van der Waals surface area (Å²) in [5.74, 6) is -2.86. The summed E-state index contributed by atoms with van der Waals surface area (Å²) in [5, 5.41) is 5.51. The highest BCUT2D eigenvalue weighted by Crippen LogP contribution is 2.27. The molecule has 1 aromatic heterocycles. The number of ether oxygens (including phenoxy) is 1. The van der Waals surface area contributed by atoms with Crippen LogP contribution < -0.4 is 15.5 Å². The van der Waals surface area contributed by atoms with E-state index in [9.17, 15) is 23.6 Å². The Labute approximate surface area is 193 Å². The van der Waals surface area contributed by atoms with Crippen molar-refractivity contribution < 1.29 is 28.3 Å². The molecule has 0 radical (unpaired) electrons. The highest BCUT2D eigenvalue weighted by atomic mass is 19.1. The van der Waals surface area contributed by atoms with Crippen LogP contribution in [0.3, 0.4) is 0 Å². The van der Waals surface area contributed by atoms with Crippen molar-refractivity contribution in [3.63, 3.8) is 0 Å². The second-order valence-electron chi connectivity index (χ2n) is 7.48. The molecule has 1 aliphatic heterocycles. The summed E-state index contributed by atoms with van der Waals surface area (Å²) in [6, 6.07) is 11.4. The minimum Gasteiger partial charge on any atom is -0.383 e. The van der Waals surface area contributed by atoms with Crippen molar-refractivity contribution in [2.45, 2.75) is 6.54 Å². The van der Waals surface area contributed by atoms with Gasteiger partial charge in [0.05, 0.1) is 12.3 Å². The molecule has 174 valence electrons. The minimum atomic E-state index is -1.03. The summed E-state index contributed by atoms with van der Waals surface area (Å²) < 4.78 is 20.9. The molecule has 5 amide bonds. The second-order valence-corrected chi connectivity index (χ2v) is 7.48. The number of methoxy groups -OCH3 is 1. The first-order valence-electron chi connectivity index (χ1n) is 10.4. The van der Waals surface area contributed by atoms with E-state index in [1.54, 1.807) is 35.0 Å². The number of carbonyl (C=O) groups is 4.